The zero-order valence-electron chi connectivity index (χ0n) is 6.40. The first-order valence-electron chi connectivity index (χ1n) is 3.14. The second-order valence-corrected chi connectivity index (χ2v) is 3.82. The third-order valence-corrected chi connectivity index (χ3v) is 2.27. The number of sulfonamides is 1. The van der Waals surface area contributed by atoms with Crippen molar-refractivity contribution in [2.45, 2.75) is 4.90 Å². The summed E-state index contributed by atoms with van der Waals surface area (Å²) in [5, 5.41) is 4.75. The molecule has 0 heterocycles. The maximum Gasteiger partial charge on any atom is 0.238 e. The standard InChI is InChI=1S/C6H7FN2O3S/c7-5-3-4(13(9,10)11)1-2-6(5)12-8/h1-3H,8H2,(H2,9,10,11). The van der Waals surface area contributed by atoms with Crippen molar-refractivity contribution in [3.05, 3.63) is 24.0 Å². The molecular formula is C6H7FN2O3S. The molecule has 0 amide bonds. The van der Waals surface area contributed by atoms with E-state index in [1.54, 1.807) is 0 Å². The lowest BCUT2D eigenvalue weighted by atomic mass is 10.3. The van der Waals surface area contributed by atoms with E-state index in [1.165, 1.54) is 0 Å². The van der Waals surface area contributed by atoms with Crippen LogP contribution in [0.4, 0.5) is 4.39 Å². The van der Waals surface area contributed by atoms with Gasteiger partial charge in [-0.15, -0.1) is 0 Å². The summed E-state index contributed by atoms with van der Waals surface area (Å²) in [6.45, 7) is 0. The quantitative estimate of drug-likeness (QED) is 0.651. The minimum absolute atomic E-state index is 0.243. The number of halogens is 1. The lowest BCUT2D eigenvalue weighted by Gasteiger charge is -2.01. The molecule has 1 aromatic rings. The van der Waals surface area contributed by atoms with Gasteiger partial charge in [-0.1, -0.05) is 0 Å². The predicted octanol–water partition coefficient (Wildman–Crippen LogP) is -0.274. The van der Waals surface area contributed by atoms with Crippen LogP contribution in [0.1, 0.15) is 0 Å². The molecule has 0 aliphatic rings. The van der Waals surface area contributed by atoms with E-state index in [1.807, 2.05) is 0 Å². The first kappa shape index (κ1) is 9.90. The highest BCUT2D eigenvalue weighted by atomic mass is 32.2. The Morgan fingerprint density at radius 3 is 2.38 bits per heavy atom. The number of benzene rings is 1. The second kappa shape index (κ2) is 3.29. The van der Waals surface area contributed by atoms with E-state index in [9.17, 15) is 12.8 Å². The zero-order valence-corrected chi connectivity index (χ0v) is 7.21. The summed E-state index contributed by atoms with van der Waals surface area (Å²) in [5.74, 6) is 3.57. The average Bonchev–Trinajstić information content (AvgIpc) is 2.02. The summed E-state index contributed by atoms with van der Waals surface area (Å²) in [6.07, 6.45) is 0. The fourth-order valence-corrected chi connectivity index (χ4v) is 1.28. The molecule has 1 aromatic carbocycles. The Labute approximate surface area is 74.1 Å². The summed E-state index contributed by atoms with van der Waals surface area (Å²) >= 11 is 0. The smallest absolute Gasteiger partial charge is 0.238 e. The molecule has 72 valence electrons. The van der Waals surface area contributed by atoms with Crippen LogP contribution < -0.4 is 15.9 Å². The van der Waals surface area contributed by atoms with Gasteiger partial charge in [0.2, 0.25) is 10.0 Å². The minimum atomic E-state index is -3.89. The molecule has 7 heteroatoms. The second-order valence-electron chi connectivity index (χ2n) is 2.26. The van der Waals surface area contributed by atoms with Crippen molar-refractivity contribution < 1.29 is 17.6 Å². The maximum atomic E-state index is 12.9. The van der Waals surface area contributed by atoms with Crippen LogP contribution in [0.2, 0.25) is 0 Å². The highest BCUT2D eigenvalue weighted by molar-refractivity contribution is 7.89. The monoisotopic (exact) mass is 206 g/mol. The van der Waals surface area contributed by atoms with Crippen LogP contribution in [-0.2, 0) is 10.0 Å². The van der Waals surface area contributed by atoms with Gasteiger partial charge in [0, 0.05) is 0 Å². The molecule has 0 radical (unpaired) electrons. The molecule has 0 aliphatic heterocycles. The number of rotatable bonds is 2. The summed E-state index contributed by atoms with van der Waals surface area (Å²) in [6, 6.07) is 2.91. The molecule has 0 saturated carbocycles. The van der Waals surface area contributed by atoms with Crippen LogP contribution >= 0.6 is 0 Å². The summed E-state index contributed by atoms with van der Waals surface area (Å²) < 4.78 is 34.3. The molecule has 5 nitrogen and oxygen atoms in total. The van der Waals surface area contributed by atoms with E-state index < -0.39 is 15.8 Å². The molecule has 13 heavy (non-hydrogen) atoms. The third-order valence-electron chi connectivity index (χ3n) is 1.36. The van der Waals surface area contributed by atoms with E-state index in [0.29, 0.717) is 0 Å². The maximum absolute atomic E-state index is 12.9. The van der Waals surface area contributed by atoms with Gasteiger partial charge in [-0.25, -0.2) is 17.9 Å². The fourth-order valence-electron chi connectivity index (χ4n) is 0.754. The van der Waals surface area contributed by atoms with Crippen LogP contribution in [0.5, 0.6) is 5.75 Å². The van der Waals surface area contributed by atoms with Crippen LogP contribution in [0, 0.1) is 5.82 Å². The molecule has 0 aromatic heterocycles. The Balaban J connectivity index is 3.26. The topological polar surface area (TPSA) is 95.4 Å². The van der Waals surface area contributed by atoms with Gasteiger partial charge in [-0.05, 0) is 18.2 Å². The van der Waals surface area contributed by atoms with Gasteiger partial charge in [0.15, 0.2) is 11.6 Å². The summed E-state index contributed by atoms with van der Waals surface area (Å²) in [4.78, 5) is 3.77. The summed E-state index contributed by atoms with van der Waals surface area (Å²) in [7, 11) is -3.89. The number of primary sulfonamides is 1. The highest BCUT2D eigenvalue weighted by Gasteiger charge is 2.11. The van der Waals surface area contributed by atoms with Crippen molar-refractivity contribution in [3.8, 4) is 5.75 Å². The molecule has 0 unspecified atom stereocenters. The number of nitrogens with two attached hydrogens (primary N) is 2. The van der Waals surface area contributed by atoms with Crippen LogP contribution in [0.25, 0.3) is 0 Å². The molecular weight excluding hydrogens is 199 g/mol. The van der Waals surface area contributed by atoms with Crippen LogP contribution in [-0.4, -0.2) is 8.42 Å². The molecule has 0 atom stereocenters. The van der Waals surface area contributed by atoms with E-state index in [2.05, 4.69) is 10.7 Å². The van der Waals surface area contributed by atoms with E-state index in [0.717, 1.165) is 18.2 Å². The Bertz CT molecular complexity index is 418. The molecule has 1 rings (SSSR count). The zero-order chi connectivity index (χ0) is 10.1. The fraction of sp³-hybridized carbons (Fsp3) is 0. The van der Waals surface area contributed by atoms with Crippen molar-refractivity contribution in [2.24, 2.45) is 11.0 Å². The Hall–Kier alpha value is -1.18. The first-order valence-corrected chi connectivity index (χ1v) is 4.69. The Morgan fingerprint density at radius 1 is 1.38 bits per heavy atom. The summed E-state index contributed by atoms with van der Waals surface area (Å²) in [5.41, 5.74) is 0. The van der Waals surface area contributed by atoms with Gasteiger partial charge in [0.05, 0.1) is 4.90 Å². The van der Waals surface area contributed by atoms with E-state index in [-0.39, 0.29) is 10.6 Å². The van der Waals surface area contributed by atoms with Gasteiger partial charge in [-0.3, -0.25) is 0 Å². The van der Waals surface area contributed by atoms with Gasteiger partial charge in [0.25, 0.3) is 0 Å². The van der Waals surface area contributed by atoms with Crippen molar-refractivity contribution in [2.75, 3.05) is 0 Å². The van der Waals surface area contributed by atoms with Crippen molar-refractivity contribution in [1.82, 2.24) is 0 Å². The van der Waals surface area contributed by atoms with Gasteiger partial charge in [0.1, 0.15) is 0 Å². The number of hydrogen-bond acceptors (Lipinski definition) is 4. The molecule has 0 spiro atoms. The average molecular weight is 206 g/mol. The molecule has 0 aliphatic carbocycles. The van der Waals surface area contributed by atoms with Gasteiger partial charge >= 0.3 is 0 Å². The van der Waals surface area contributed by atoms with Crippen molar-refractivity contribution in [1.29, 1.82) is 0 Å². The van der Waals surface area contributed by atoms with Crippen molar-refractivity contribution >= 4 is 10.0 Å². The number of hydrogen-bond donors (Lipinski definition) is 2. The Kier molecular flexibility index (Phi) is 2.50. The Morgan fingerprint density at radius 2 is 2.00 bits per heavy atom. The van der Waals surface area contributed by atoms with E-state index in [4.69, 9.17) is 5.14 Å². The lowest BCUT2D eigenvalue weighted by molar-refractivity contribution is 0.315. The normalized spacial score (nSPS) is 11.3. The predicted molar refractivity (Wildman–Crippen MR) is 42.6 cm³/mol. The molecule has 4 N–H and O–H groups in total. The van der Waals surface area contributed by atoms with Gasteiger partial charge in [-0.2, -0.15) is 5.90 Å². The van der Waals surface area contributed by atoms with Crippen LogP contribution in [0.3, 0.4) is 0 Å². The van der Waals surface area contributed by atoms with Gasteiger partial charge < -0.3 is 4.84 Å². The minimum Gasteiger partial charge on any atom is -0.408 e. The van der Waals surface area contributed by atoms with E-state index >= 15 is 0 Å². The highest BCUT2D eigenvalue weighted by Crippen LogP contribution is 2.18. The molecule has 0 saturated heterocycles. The molecule has 0 bridgehead atoms. The third kappa shape index (κ3) is 2.14. The van der Waals surface area contributed by atoms with Crippen molar-refractivity contribution in [3.63, 3.8) is 0 Å². The first-order chi connectivity index (χ1) is 5.95. The SMILES string of the molecule is NOc1ccc(S(N)(=O)=O)cc1F. The largest absolute Gasteiger partial charge is 0.408 e. The van der Waals surface area contributed by atoms with Crippen LogP contribution in [0.15, 0.2) is 23.1 Å². The lowest BCUT2D eigenvalue weighted by Crippen LogP contribution is -2.13. The molecule has 0 fully saturated rings.